The Bertz CT molecular complexity index is 833. The Morgan fingerprint density at radius 3 is 2.05 bits per heavy atom. The summed E-state index contributed by atoms with van der Waals surface area (Å²) in [6, 6.07) is 7.62. The summed E-state index contributed by atoms with van der Waals surface area (Å²) in [5.41, 5.74) is 3.58. The van der Waals surface area contributed by atoms with E-state index in [2.05, 4.69) is 11.5 Å². The van der Waals surface area contributed by atoms with Crippen LogP contribution in [0.3, 0.4) is 0 Å². The van der Waals surface area contributed by atoms with Gasteiger partial charge >= 0.3 is 5.97 Å². The molecule has 5 nitrogen and oxygen atoms in total. The van der Waals surface area contributed by atoms with Gasteiger partial charge in [-0.1, -0.05) is 120 Å². The Balaban J connectivity index is 0.00000760. The zero-order valence-electron chi connectivity index (χ0n) is 24.4. The van der Waals surface area contributed by atoms with Gasteiger partial charge in [0.2, 0.25) is 5.51 Å². The molecule has 1 aromatic heterocycles. The molecule has 0 fully saturated rings. The molecule has 1 heterocycles. The van der Waals surface area contributed by atoms with Gasteiger partial charge in [0.1, 0.15) is 12.7 Å². The number of hydrogen-bond acceptors (Lipinski definition) is 5. The zero-order valence-corrected chi connectivity index (χ0v) is 26.8. The second-order valence-electron chi connectivity index (χ2n) is 10.2. The average Bonchev–Trinajstić information content (AvgIpc) is 3.44. The van der Waals surface area contributed by atoms with Crippen LogP contribution in [0.1, 0.15) is 120 Å². The molecule has 0 aliphatic heterocycles. The molecule has 0 spiro atoms. The molecular weight excluding hydrogens is 574 g/mol. The van der Waals surface area contributed by atoms with Crippen molar-refractivity contribution >= 4 is 17.3 Å². The first-order valence-electron chi connectivity index (χ1n) is 15.1. The van der Waals surface area contributed by atoms with Crippen molar-refractivity contribution in [3.05, 3.63) is 52.5 Å². The molecule has 0 aliphatic rings. The average molecular weight is 627 g/mol. The lowest BCUT2D eigenvalue weighted by Gasteiger charge is -2.17. The van der Waals surface area contributed by atoms with E-state index in [4.69, 9.17) is 14.2 Å². The SMILES string of the molecule is CCCCCCCCCCCCCCCCOCC(COC(=O)c1ccccc1C[n+]1ccsc1)OCC.[Br-]. The highest BCUT2D eigenvalue weighted by molar-refractivity contribution is 7.07. The van der Waals surface area contributed by atoms with E-state index in [-0.39, 0.29) is 35.7 Å². The maximum atomic E-state index is 12.8. The van der Waals surface area contributed by atoms with E-state index < -0.39 is 0 Å². The zero-order chi connectivity index (χ0) is 27.1. The number of hydrogen-bond donors (Lipinski definition) is 0. The fourth-order valence-corrected chi connectivity index (χ4v) is 5.24. The molecule has 39 heavy (non-hydrogen) atoms. The Hall–Kier alpha value is -1.28. The van der Waals surface area contributed by atoms with Gasteiger partial charge < -0.3 is 31.2 Å². The van der Waals surface area contributed by atoms with Crippen LogP contribution in [-0.4, -0.2) is 38.5 Å². The molecule has 0 aliphatic carbocycles. The molecule has 1 atom stereocenters. The Morgan fingerprint density at radius 1 is 0.846 bits per heavy atom. The standard InChI is InChI=1S/C32H52NO4S.BrH/c1-3-5-6-7-8-9-10-11-12-13-14-15-16-19-23-35-26-30(36-4-2)27-37-32(34)31-21-18-17-20-29(31)25-33-22-24-38-28-33;/h17-18,20-22,24,28,30H,3-16,19,23,25-27H2,1-2H3;1H/q+1;/p-1. The van der Waals surface area contributed by atoms with Gasteiger partial charge in [-0.15, -0.1) is 0 Å². The maximum absolute atomic E-state index is 12.8. The number of carbonyl (C=O) groups is 1. The van der Waals surface area contributed by atoms with Crippen LogP contribution in [0.4, 0.5) is 0 Å². The van der Waals surface area contributed by atoms with Crippen LogP contribution in [0.15, 0.2) is 41.4 Å². The van der Waals surface area contributed by atoms with Crippen LogP contribution in [0.2, 0.25) is 0 Å². The molecule has 1 unspecified atom stereocenters. The van der Waals surface area contributed by atoms with Crippen molar-refractivity contribution in [2.75, 3.05) is 26.4 Å². The van der Waals surface area contributed by atoms with Crippen molar-refractivity contribution in [1.82, 2.24) is 0 Å². The lowest BCUT2D eigenvalue weighted by atomic mass is 10.0. The second-order valence-corrected chi connectivity index (χ2v) is 11.0. The summed E-state index contributed by atoms with van der Waals surface area (Å²) in [6.07, 6.45) is 20.7. The molecule has 0 bridgehead atoms. The first-order valence-corrected chi connectivity index (χ1v) is 16.0. The highest BCUT2D eigenvalue weighted by Crippen LogP contribution is 2.14. The van der Waals surface area contributed by atoms with Gasteiger partial charge in [0.15, 0.2) is 12.7 Å². The summed E-state index contributed by atoms with van der Waals surface area (Å²) in [5, 5.41) is 2.02. The lowest BCUT2D eigenvalue weighted by molar-refractivity contribution is -0.683. The number of esters is 1. The minimum Gasteiger partial charge on any atom is -1.00 e. The Morgan fingerprint density at radius 2 is 1.46 bits per heavy atom. The summed E-state index contributed by atoms with van der Waals surface area (Å²) in [7, 11) is 0. The monoisotopic (exact) mass is 625 g/mol. The maximum Gasteiger partial charge on any atom is 0.338 e. The molecule has 0 saturated heterocycles. The molecule has 0 N–H and O–H groups in total. The van der Waals surface area contributed by atoms with E-state index >= 15 is 0 Å². The van der Waals surface area contributed by atoms with Crippen LogP contribution in [-0.2, 0) is 20.8 Å². The third kappa shape index (κ3) is 17.2. The van der Waals surface area contributed by atoms with Crippen LogP contribution in [0.25, 0.3) is 0 Å². The van der Waals surface area contributed by atoms with Gasteiger partial charge in [-0.25, -0.2) is 4.79 Å². The van der Waals surface area contributed by atoms with Gasteiger partial charge in [0.25, 0.3) is 0 Å². The van der Waals surface area contributed by atoms with Gasteiger partial charge in [-0.05, 0) is 19.4 Å². The van der Waals surface area contributed by atoms with Crippen molar-refractivity contribution in [3.8, 4) is 0 Å². The molecular formula is C32H52BrNO4S. The summed E-state index contributed by atoms with van der Waals surface area (Å²) >= 11 is 1.63. The number of ether oxygens (including phenoxy) is 3. The summed E-state index contributed by atoms with van der Waals surface area (Å²) in [6.45, 7) is 6.83. The van der Waals surface area contributed by atoms with Crippen molar-refractivity contribution in [3.63, 3.8) is 0 Å². The molecule has 0 amide bonds. The number of thiazole rings is 1. The third-order valence-electron chi connectivity index (χ3n) is 6.87. The fourth-order valence-electron chi connectivity index (χ4n) is 4.65. The smallest absolute Gasteiger partial charge is 0.338 e. The lowest BCUT2D eigenvalue weighted by Crippen LogP contribution is -3.00. The summed E-state index contributed by atoms with van der Waals surface area (Å²) in [5.74, 6) is -0.312. The fraction of sp³-hybridized carbons (Fsp3) is 0.688. The first-order chi connectivity index (χ1) is 18.7. The number of unbranched alkanes of at least 4 members (excludes halogenated alkanes) is 13. The van der Waals surface area contributed by atoms with E-state index in [9.17, 15) is 4.79 Å². The van der Waals surface area contributed by atoms with Crippen molar-refractivity contribution in [2.45, 2.75) is 116 Å². The number of rotatable bonds is 24. The van der Waals surface area contributed by atoms with Gasteiger partial charge in [0, 0.05) is 18.8 Å². The van der Waals surface area contributed by atoms with E-state index in [0.717, 1.165) is 18.6 Å². The van der Waals surface area contributed by atoms with E-state index in [1.165, 1.54) is 83.5 Å². The first kappa shape index (κ1) is 35.7. The highest BCUT2D eigenvalue weighted by atomic mass is 79.9. The largest absolute Gasteiger partial charge is 1.00 e. The third-order valence-corrected chi connectivity index (χ3v) is 7.54. The highest BCUT2D eigenvalue weighted by Gasteiger charge is 2.18. The summed E-state index contributed by atoms with van der Waals surface area (Å²) < 4.78 is 19.3. The number of nitrogens with zero attached hydrogens (tertiary/aromatic N) is 1. The Kier molecular flexibility index (Phi) is 22.5. The molecule has 1 aromatic carbocycles. The quantitative estimate of drug-likeness (QED) is 0.0920. The summed E-state index contributed by atoms with van der Waals surface area (Å²) in [4.78, 5) is 12.8. The number of benzene rings is 1. The van der Waals surface area contributed by atoms with Crippen LogP contribution in [0.5, 0.6) is 0 Å². The topological polar surface area (TPSA) is 48.6 Å². The minimum absolute atomic E-state index is 0. The Labute approximate surface area is 252 Å². The van der Waals surface area contributed by atoms with Crippen LogP contribution < -0.4 is 21.5 Å². The number of carbonyl (C=O) groups excluding carboxylic acids is 1. The molecule has 2 rings (SSSR count). The molecule has 0 saturated carbocycles. The predicted octanol–water partition coefficient (Wildman–Crippen LogP) is 5.15. The van der Waals surface area contributed by atoms with Crippen LogP contribution >= 0.6 is 11.3 Å². The van der Waals surface area contributed by atoms with Gasteiger partial charge in [-0.3, -0.25) is 0 Å². The van der Waals surface area contributed by atoms with Crippen LogP contribution in [0, 0.1) is 0 Å². The number of aromatic nitrogens is 1. The van der Waals surface area contributed by atoms with Crippen molar-refractivity contribution in [1.29, 1.82) is 0 Å². The van der Waals surface area contributed by atoms with Crippen molar-refractivity contribution < 1.29 is 40.6 Å². The minimum atomic E-state index is -0.312. The molecule has 2 aromatic rings. The molecule has 222 valence electrons. The molecule has 7 heteroatoms. The van der Waals surface area contributed by atoms with Gasteiger partial charge in [0.05, 0.1) is 17.6 Å². The van der Waals surface area contributed by atoms with Gasteiger partial charge in [-0.2, -0.15) is 4.57 Å². The van der Waals surface area contributed by atoms with E-state index in [1.54, 1.807) is 11.3 Å². The second kappa shape index (κ2) is 24.5. The normalized spacial score (nSPS) is 11.7. The predicted molar refractivity (Wildman–Crippen MR) is 157 cm³/mol. The number of halogens is 1. The van der Waals surface area contributed by atoms with Crippen molar-refractivity contribution in [2.24, 2.45) is 0 Å². The van der Waals surface area contributed by atoms with E-state index in [1.807, 2.05) is 48.3 Å². The molecule has 0 radical (unpaired) electrons. The van der Waals surface area contributed by atoms with E-state index in [0.29, 0.717) is 25.3 Å².